The first-order chi connectivity index (χ1) is 9.65. The van der Waals surface area contributed by atoms with E-state index in [1.807, 2.05) is 0 Å². The molecule has 0 atom stereocenters. The van der Waals surface area contributed by atoms with Crippen LogP contribution in [0, 0.1) is 0 Å². The maximum absolute atomic E-state index is 12.2. The quantitative estimate of drug-likeness (QED) is 0.943. The van der Waals surface area contributed by atoms with Gasteiger partial charge in [0.1, 0.15) is 5.00 Å². The zero-order chi connectivity index (χ0) is 14.0. The summed E-state index contributed by atoms with van der Waals surface area (Å²) in [6, 6.07) is 8.32. The topological polar surface area (TPSA) is 62.3 Å². The smallest absolute Gasteiger partial charge is 0.263 e. The van der Waals surface area contributed by atoms with Gasteiger partial charge in [0, 0.05) is 13.1 Å². The average Bonchev–Trinajstić information content (AvgIpc) is 3.10. The second-order valence-corrected chi connectivity index (χ2v) is 7.31. The molecule has 1 aromatic heterocycles. The fourth-order valence-electron chi connectivity index (χ4n) is 2.17. The molecule has 1 aliphatic rings. The number of hydrogen-bond donors (Lipinski definition) is 1. The standard InChI is InChI=1S/C13H15N3O2S2/c17-20(18,11-6-2-1-3-7-11)15-13-14-10-12(19-13)16-8-4-5-9-16/h1-3,6-7,10H,4-5,8-9H2,(H,14,15). The molecular formula is C13H15N3O2S2. The van der Waals surface area contributed by atoms with Crippen molar-refractivity contribution >= 4 is 31.5 Å². The predicted octanol–water partition coefficient (Wildman–Crippen LogP) is 2.54. The van der Waals surface area contributed by atoms with Crippen LogP contribution in [0.2, 0.25) is 0 Å². The van der Waals surface area contributed by atoms with E-state index in [1.165, 1.54) is 24.2 Å². The summed E-state index contributed by atoms with van der Waals surface area (Å²) in [5, 5.41) is 1.43. The van der Waals surface area contributed by atoms with E-state index < -0.39 is 10.0 Å². The third-order valence-electron chi connectivity index (χ3n) is 3.19. The van der Waals surface area contributed by atoms with Gasteiger partial charge in [-0.2, -0.15) is 0 Å². The second kappa shape index (κ2) is 5.41. The monoisotopic (exact) mass is 309 g/mol. The van der Waals surface area contributed by atoms with E-state index in [4.69, 9.17) is 0 Å². The highest BCUT2D eigenvalue weighted by atomic mass is 32.2. The van der Waals surface area contributed by atoms with Crippen molar-refractivity contribution in [1.29, 1.82) is 0 Å². The highest BCUT2D eigenvalue weighted by Crippen LogP contribution is 2.30. The number of sulfonamides is 1. The van der Waals surface area contributed by atoms with E-state index in [0.717, 1.165) is 18.1 Å². The van der Waals surface area contributed by atoms with Crippen LogP contribution in [0.25, 0.3) is 0 Å². The van der Waals surface area contributed by atoms with Gasteiger partial charge in [0.2, 0.25) is 0 Å². The Kier molecular flexibility index (Phi) is 3.62. The molecule has 0 unspecified atom stereocenters. The maximum atomic E-state index is 12.2. The van der Waals surface area contributed by atoms with E-state index in [2.05, 4.69) is 14.6 Å². The van der Waals surface area contributed by atoms with Gasteiger partial charge in [-0.05, 0) is 25.0 Å². The average molecular weight is 309 g/mol. The third-order valence-corrected chi connectivity index (χ3v) is 5.64. The minimum atomic E-state index is -3.54. The fourth-order valence-corrected chi connectivity index (χ4v) is 4.30. The first-order valence-electron chi connectivity index (χ1n) is 6.44. The lowest BCUT2D eigenvalue weighted by Gasteiger charge is -2.13. The molecule has 1 N–H and O–H groups in total. The molecule has 20 heavy (non-hydrogen) atoms. The minimum Gasteiger partial charge on any atom is -0.362 e. The molecule has 2 aromatic rings. The van der Waals surface area contributed by atoms with E-state index in [1.54, 1.807) is 36.5 Å². The molecular weight excluding hydrogens is 294 g/mol. The highest BCUT2D eigenvalue weighted by molar-refractivity contribution is 7.93. The first kappa shape index (κ1) is 13.4. The van der Waals surface area contributed by atoms with Crippen LogP contribution < -0.4 is 9.62 Å². The van der Waals surface area contributed by atoms with Gasteiger partial charge < -0.3 is 4.90 Å². The molecule has 0 spiro atoms. The number of rotatable bonds is 4. The SMILES string of the molecule is O=S(=O)(Nc1ncc(N2CCCC2)s1)c1ccccc1. The van der Waals surface area contributed by atoms with Crippen molar-refractivity contribution in [3.63, 3.8) is 0 Å². The Bertz CT molecular complexity index is 677. The number of aromatic nitrogens is 1. The lowest BCUT2D eigenvalue weighted by atomic mass is 10.4. The summed E-state index contributed by atoms with van der Waals surface area (Å²) < 4.78 is 26.9. The maximum Gasteiger partial charge on any atom is 0.263 e. The summed E-state index contributed by atoms with van der Waals surface area (Å²) in [4.78, 5) is 6.64. The summed E-state index contributed by atoms with van der Waals surface area (Å²) in [6.45, 7) is 2.04. The zero-order valence-electron chi connectivity index (χ0n) is 10.8. The highest BCUT2D eigenvalue weighted by Gasteiger charge is 2.18. The Morgan fingerprint density at radius 2 is 1.85 bits per heavy atom. The molecule has 0 bridgehead atoms. The fraction of sp³-hybridized carbons (Fsp3) is 0.308. The molecule has 5 nitrogen and oxygen atoms in total. The Morgan fingerprint density at radius 1 is 1.15 bits per heavy atom. The van der Waals surface area contributed by atoms with Gasteiger partial charge in [0.05, 0.1) is 11.1 Å². The van der Waals surface area contributed by atoms with Crippen LogP contribution in [0.4, 0.5) is 10.1 Å². The molecule has 2 heterocycles. The van der Waals surface area contributed by atoms with E-state index in [0.29, 0.717) is 5.13 Å². The summed E-state index contributed by atoms with van der Waals surface area (Å²) in [7, 11) is -3.54. The number of nitrogens with zero attached hydrogens (tertiary/aromatic N) is 2. The van der Waals surface area contributed by atoms with Crippen molar-refractivity contribution in [2.45, 2.75) is 17.7 Å². The Morgan fingerprint density at radius 3 is 2.55 bits per heavy atom. The van der Waals surface area contributed by atoms with Gasteiger partial charge in [-0.1, -0.05) is 29.5 Å². The van der Waals surface area contributed by atoms with E-state index >= 15 is 0 Å². The van der Waals surface area contributed by atoms with Gasteiger partial charge in [0.15, 0.2) is 5.13 Å². The van der Waals surface area contributed by atoms with Crippen LogP contribution in [0.15, 0.2) is 41.4 Å². The lowest BCUT2D eigenvalue weighted by Crippen LogP contribution is -2.15. The van der Waals surface area contributed by atoms with Gasteiger partial charge in [0.25, 0.3) is 10.0 Å². The van der Waals surface area contributed by atoms with Crippen LogP contribution in [0.5, 0.6) is 0 Å². The molecule has 1 aromatic carbocycles. The molecule has 7 heteroatoms. The van der Waals surface area contributed by atoms with Crippen LogP contribution in [0.3, 0.4) is 0 Å². The zero-order valence-corrected chi connectivity index (χ0v) is 12.5. The summed E-state index contributed by atoms with van der Waals surface area (Å²) in [5.74, 6) is 0. The largest absolute Gasteiger partial charge is 0.362 e. The predicted molar refractivity (Wildman–Crippen MR) is 80.8 cm³/mol. The molecule has 106 valence electrons. The Hall–Kier alpha value is -1.60. The number of anilines is 2. The molecule has 0 saturated carbocycles. The van der Waals surface area contributed by atoms with Crippen molar-refractivity contribution in [1.82, 2.24) is 4.98 Å². The lowest BCUT2D eigenvalue weighted by molar-refractivity contribution is 0.601. The number of nitrogens with one attached hydrogen (secondary N) is 1. The molecule has 0 radical (unpaired) electrons. The van der Waals surface area contributed by atoms with E-state index in [-0.39, 0.29) is 4.90 Å². The first-order valence-corrected chi connectivity index (χ1v) is 8.74. The van der Waals surface area contributed by atoms with Crippen LogP contribution >= 0.6 is 11.3 Å². The van der Waals surface area contributed by atoms with Crippen molar-refractivity contribution < 1.29 is 8.42 Å². The number of thiazole rings is 1. The van der Waals surface area contributed by atoms with Gasteiger partial charge >= 0.3 is 0 Å². The van der Waals surface area contributed by atoms with Gasteiger partial charge in [-0.15, -0.1) is 0 Å². The normalized spacial score (nSPS) is 15.5. The molecule has 1 aliphatic heterocycles. The molecule has 3 rings (SSSR count). The molecule has 1 fully saturated rings. The van der Waals surface area contributed by atoms with Crippen LogP contribution in [0.1, 0.15) is 12.8 Å². The Labute approximate surface area is 122 Å². The number of hydrogen-bond acceptors (Lipinski definition) is 5. The third kappa shape index (κ3) is 2.78. The van der Waals surface area contributed by atoms with Crippen LogP contribution in [-0.2, 0) is 10.0 Å². The van der Waals surface area contributed by atoms with Gasteiger partial charge in [-0.3, -0.25) is 4.72 Å². The summed E-state index contributed by atoms with van der Waals surface area (Å²) >= 11 is 1.38. The van der Waals surface area contributed by atoms with E-state index in [9.17, 15) is 8.42 Å². The minimum absolute atomic E-state index is 0.248. The van der Waals surface area contributed by atoms with Crippen molar-refractivity contribution in [2.24, 2.45) is 0 Å². The number of benzene rings is 1. The Balaban J connectivity index is 1.78. The second-order valence-electron chi connectivity index (χ2n) is 4.62. The molecule has 0 amide bonds. The molecule has 0 aliphatic carbocycles. The van der Waals surface area contributed by atoms with Crippen LogP contribution in [-0.4, -0.2) is 26.5 Å². The molecule has 1 saturated heterocycles. The summed E-state index contributed by atoms with van der Waals surface area (Å²) in [6.07, 6.45) is 4.10. The van der Waals surface area contributed by atoms with Crippen molar-refractivity contribution in [2.75, 3.05) is 22.7 Å². The van der Waals surface area contributed by atoms with Gasteiger partial charge in [-0.25, -0.2) is 13.4 Å². The van der Waals surface area contributed by atoms with Crippen molar-refractivity contribution in [3.8, 4) is 0 Å². The summed E-state index contributed by atoms with van der Waals surface area (Å²) in [5.41, 5.74) is 0. The van der Waals surface area contributed by atoms with Crippen molar-refractivity contribution in [3.05, 3.63) is 36.5 Å².